The van der Waals surface area contributed by atoms with E-state index < -0.39 is 5.41 Å². The molecule has 6 rings (SSSR count). The molecule has 3 aliphatic heterocycles. The third kappa shape index (κ3) is 3.09. The van der Waals surface area contributed by atoms with Gasteiger partial charge in [-0.25, -0.2) is 4.98 Å². The number of rotatable bonds is 2. The summed E-state index contributed by atoms with van der Waals surface area (Å²) < 4.78 is 1.03. The summed E-state index contributed by atoms with van der Waals surface area (Å²) in [7, 11) is 0. The van der Waals surface area contributed by atoms with Gasteiger partial charge >= 0.3 is 0 Å². The van der Waals surface area contributed by atoms with Crippen molar-refractivity contribution in [2.75, 3.05) is 34.4 Å². The van der Waals surface area contributed by atoms with Crippen LogP contribution in [0, 0.1) is 5.41 Å². The van der Waals surface area contributed by atoms with E-state index in [1.54, 1.807) is 5.01 Å². The molecule has 0 unspecified atom stereocenters. The number of aromatic nitrogens is 1. The number of hydrazone groups is 1. The first-order chi connectivity index (χ1) is 16.1. The van der Waals surface area contributed by atoms with Crippen LogP contribution in [-0.2, 0) is 11.2 Å². The van der Waals surface area contributed by atoms with Gasteiger partial charge < -0.3 is 9.80 Å². The number of carbonyl (C=O) groups is 1. The number of hydrogen-bond donors (Lipinski definition) is 0. The van der Waals surface area contributed by atoms with Crippen molar-refractivity contribution in [3.63, 3.8) is 0 Å². The summed E-state index contributed by atoms with van der Waals surface area (Å²) in [6.07, 6.45) is 2.46. The molecule has 2 aromatic carbocycles. The Morgan fingerprint density at radius 2 is 1.85 bits per heavy atom. The number of pyridine rings is 1. The van der Waals surface area contributed by atoms with Gasteiger partial charge in [0.25, 0.3) is 5.91 Å². The van der Waals surface area contributed by atoms with E-state index in [9.17, 15) is 4.79 Å². The zero-order valence-corrected chi connectivity index (χ0v) is 19.9. The molecule has 6 nitrogen and oxygen atoms in total. The summed E-state index contributed by atoms with van der Waals surface area (Å²) in [5, 5.41) is 6.44. The molecule has 1 spiro atoms. The number of fused-ring (bicyclic) bond motifs is 4. The van der Waals surface area contributed by atoms with Gasteiger partial charge in [-0.2, -0.15) is 10.1 Å². The molecular weight excluding hydrogens is 478 g/mol. The number of nitrogens with zero attached hydrogens (tertiary/aromatic N) is 5. The largest absolute Gasteiger partial charge is 0.363 e. The van der Waals surface area contributed by atoms with Gasteiger partial charge in [-0.15, -0.1) is 0 Å². The number of amides is 1. The van der Waals surface area contributed by atoms with Crippen LogP contribution in [-0.4, -0.2) is 42.3 Å². The minimum Gasteiger partial charge on any atom is -0.363 e. The van der Waals surface area contributed by atoms with Crippen LogP contribution in [0.5, 0.6) is 0 Å². The van der Waals surface area contributed by atoms with Gasteiger partial charge in [0.15, 0.2) is 0 Å². The molecule has 2 atom stereocenters. The highest BCUT2D eigenvalue weighted by molar-refractivity contribution is 9.10. The third-order valence-corrected chi connectivity index (χ3v) is 7.71. The van der Waals surface area contributed by atoms with Crippen LogP contribution in [0.3, 0.4) is 0 Å². The van der Waals surface area contributed by atoms with Crippen LogP contribution in [0.15, 0.2) is 82.5 Å². The molecule has 4 heterocycles. The van der Waals surface area contributed by atoms with Crippen LogP contribution in [0.25, 0.3) is 0 Å². The molecule has 3 aliphatic rings. The SMILES string of the molecule is CC1=NN(c2ccccc2)C(=O)[C@@]12Cc1cc(Br)ccc1N1CCN(c3ccccn3)C[C@H]12. The summed E-state index contributed by atoms with van der Waals surface area (Å²) in [4.78, 5) is 23.5. The smallest absolute Gasteiger partial charge is 0.261 e. The Balaban J connectivity index is 1.47. The monoisotopic (exact) mass is 501 g/mol. The molecule has 7 heteroatoms. The fraction of sp³-hybridized carbons (Fsp3) is 0.269. The number of carbonyl (C=O) groups excluding carboxylic acids is 1. The second-order valence-corrected chi connectivity index (χ2v) is 9.82. The Hall–Kier alpha value is -3.19. The van der Waals surface area contributed by atoms with Crippen molar-refractivity contribution in [3.05, 3.63) is 83.0 Å². The van der Waals surface area contributed by atoms with Crippen LogP contribution < -0.4 is 14.8 Å². The minimum absolute atomic E-state index is 0.0353. The molecule has 166 valence electrons. The highest BCUT2D eigenvalue weighted by Gasteiger charge is 2.60. The number of halogens is 1. The van der Waals surface area contributed by atoms with E-state index >= 15 is 0 Å². The van der Waals surface area contributed by atoms with Gasteiger partial charge in [-0.1, -0.05) is 40.2 Å². The van der Waals surface area contributed by atoms with E-state index in [0.29, 0.717) is 13.0 Å². The second kappa shape index (κ2) is 7.70. The molecule has 1 aromatic heterocycles. The van der Waals surface area contributed by atoms with E-state index in [4.69, 9.17) is 5.10 Å². The number of para-hydroxylation sites is 1. The molecule has 1 fully saturated rings. The Bertz CT molecular complexity index is 1250. The maximum atomic E-state index is 14.2. The first-order valence-corrected chi connectivity index (χ1v) is 12.0. The van der Waals surface area contributed by atoms with E-state index in [1.807, 2.05) is 61.7 Å². The summed E-state index contributed by atoms with van der Waals surface area (Å²) in [6.45, 7) is 4.41. The van der Waals surface area contributed by atoms with Gasteiger partial charge in [-0.3, -0.25) is 4.79 Å². The first kappa shape index (κ1) is 20.4. The summed E-state index contributed by atoms with van der Waals surface area (Å²) >= 11 is 3.63. The molecule has 1 saturated heterocycles. The van der Waals surface area contributed by atoms with Crippen LogP contribution in [0.4, 0.5) is 17.2 Å². The molecular formula is C26H24BrN5O. The maximum absolute atomic E-state index is 14.2. The lowest BCUT2D eigenvalue weighted by Crippen LogP contribution is -2.67. The molecule has 1 amide bonds. The highest BCUT2D eigenvalue weighted by Crippen LogP contribution is 2.48. The summed E-state index contributed by atoms with van der Waals surface area (Å²) in [6, 6.07) is 22.1. The number of hydrogen-bond acceptors (Lipinski definition) is 5. The predicted octanol–water partition coefficient (Wildman–Crippen LogP) is 4.50. The Morgan fingerprint density at radius 3 is 2.64 bits per heavy atom. The molecule has 0 bridgehead atoms. The highest BCUT2D eigenvalue weighted by atomic mass is 79.9. The molecule has 33 heavy (non-hydrogen) atoms. The van der Waals surface area contributed by atoms with Crippen molar-refractivity contribution in [3.8, 4) is 0 Å². The maximum Gasteiger partial charge on any atom is 0.261 e. The fourth-order valence-corrected chi connectivity index (χ4v) is 6.00. The van der Waals surface area contributed by atoms with Crippen molar-refractivity contribution < 1.29 is 4.79 Å². The summed E-state index contributed by atoms with van der Waals surface area (Å²) in [5.41, 5.74) is 3.36. The van der Waals surface area contributed by atoms with E-state index in [2.05, 4.69) is 48.9 Å². The average Bonchev–Trinajstić information content (AvgIpc) is 3.10. The van der Waals surface area contributed by atoms with Gasteiger partial charge in [-0.05, 0) is 61.4 Å². The van der Waals surface area contributed by atoms with Crippen molar-refractivity contribution >= 4 is 44.7 Å². The zero-order valence-electron chi connectivity index (χ0n) is 18.4. The summed E-state index contributed by atoms with van der Waals surface area (Å²) in [5.74, 6) is 1.00. The lowest BCUT2D eigenvalue weighted by atomic mass is 9.67. The zero-order chi connectivity index (χ0) is 22.6. The molecule has 3 aromatic rings. The van der Waals surface area contributed by atoms with Crippen LogP contribution >= 0.6 is 15.9 Å². The lowest BCUT2D eigenvalue weighted by molar-refractivity contribution is -0.125. The van der Waals surface area contributed by atoms with Crippen LogP contribution in [0.2, 0.25) is 0 Å². The standard InChI is InChI=1S/C26H24BrN5O/c1-18-26(25(33)32(29-18)21-7-3-2-4-8-21)16-19-15-20(27)10-11-22(19)31-14-13-30(17-23(26)31)24-9-5-6-12-28-24/h2-12,15,23H,13-14,16-17H2,1H3/t23-,26-/m0/s1. The average molecular weight is 502 g/mol. The minimum atomic E-state index is -0.725. The number of piperazine rings is 1. The molecule has 0 radical (unpaired) electrons. The Morgan fingerprint density at radius 1 is 1.03 bits per heavy atom. The van der Waals surface area contributed by atoms with Crippen molar-refractivity contribution in [2.45, 2.75) is 19.4 Å². The number of anilines is 3. The first-order valence-electron chi connectivity index (χ1n) is 11.2. The lowest BCUT2D eigenvalue weighted by Gasteiger charge is -2.53. The van der Waals surface area contributed by atoms with E-state index in [1.165, 1.54) is 11.3 Å². The quantitative estimate of drug-likeness (QED) is 0.518. The fourth-order valence-electron chi connectivity index (χ4n) is 5.60. The topological polar surface area (TPSA) is 52.0 Å². The Labute approximate surface area is 201 Å². The van der Waals surface area contributed by atoms with Gasteiger partial charge in [0.2, 0.25) is 0 Å². The molecule has 0 aliphatic carbocycles. The predicted molar refractivity (Wildman–Crippen MR) is 135 cm³/mol. The normalized spacial score (nSPS) is 24.1. The molecule has 0 N–H and O–H groups in total. The second-order valence-electron chi connectivity index (χ2n) is 8.90. The van der Waals surface area contributed by atoms with Gasteiger partial charge in [0.05, 0.1) is 17.4 Å². The Kier molecular flexibility index (Phi) is 4.76. The van der Waals surface area contributed by atoms with E-state index in [-0.39, 0.29) is 11.9 Å². The number of benzene rings is 2. The molecule has 0 saturated carbocycles. The van der Waals surface area contributed by atoms with Crippen LogP contribution in [0.1, 0.15) is 12.5 Å². The van der Waals surface area contributed by atoms with Crippen molar-refractivity contribution in [1.29, 1.82) is 0 Å². The van der Waals surface area contributed by atoms with Gasteiger partial charge in [0.1, 0.15) is 11.2 Å². The third-order valence-electron chi connectivity index (χ3n) is 7.21. The van der Waals surface area contributed by atoms with Crippen molar-refractivity contribution in [1.82, 2.24) is 4.98 Å². The van der Waals surface area contributed by atoms with Gasteiger partial charge in [0, 0.05) is 36.0 Å². The van der Waals surface area contributed by atoms with E-state index in [0.717, 1.165) is 34.8 Å². The van der Waals surface area contributed by atoms with Crippen molar-refractivity contribution in [2.24, 2.45) is 10.5 Å².